The molecule has 0 atom stereocenters. The van der Waals surface area contributed by atoms with Crippen molar-refractivity contribution in [2.45, 2.75) is 0 Å². The van der Waals surface area contributed by atoms with Crippen LogP contribution in [0.4, 0.5) is 5.95 Å². The number of fused-ring (bicyclic) bond motifs is 1. The minimum atomic E-state index is 0.219. The summed E-state index contributed by atoms with van der Waals surface area (Å²) in [6.07, 6.45) is 3.28. The molecule has 0 aromatic carbocycles. The fourth-order valence-corrected chi connectivity index (χ4v) is 1.97. The fourth-order valence-electron chi connectivity index (χ4n) is 1.34. The molecule has 3 N–H and O–H groups in total. The zero-order valence-corrected chi connectivity index (χ0v) is 8.32. The van der Waals surface area contributed by atoms with Gasteiger partial charge in [-0.1, -0.05) is 0 Å². The van der Waals surface area contributed by atoms with E-state index in [2.05, 4.69) is 24.9 Å². The zero-order chi connectivity index (χ0) is 10.3. The van der Waals surface area contributed by atoms with Gasteiger partial charge in [0.1, 0.15) is 16.2 Å². The Morgan fingerprint density at radius 2 is 2.20 bits per heavy atom. The monoisotopic (exact) mass is 218 g/mol. The molecule has 0 unspecified atom stereocenters. The van der Waals surface area contributed by atoms with E-state index in [1.165, 1.54) is 11.3 Å². The molecule has 3 heterocycles. The second-order valence-electron chi connectivity index (χ2n) is 2.87. The number of aromatic nitrogens is 5. The van der Waals surface area contributed by atoms with Crippen LogP contribution in [0.1, 0.15) is 0 Å². The van der Waals surface area contributed by atoms with Crippen molar-refractivity contribution in [3.8, 4) is 10.7 Å². The van der Waals surface area contributed by atoms with Crippen LogP contribution in [0, 0.1) is 0 Å². The standard InChI is InChI=1S/C8H6N6S/c9-8-13-5(7-10-1-2-15-7)4-6(14-8)12-3-11-4/h1-3H,(H3,9,11,12,13,14). The number of nitrogens with two attached hydrogens (primary N) is 1. The molecule has 0 aliphatic rings. The third-order valence-corrected chi connectivity index (χ3v) is 2.71. The maximum Gasteiger partial charge on any atom is 0.222 e. The quantitative estimate of drug-likeness (QED) is 0.637. The van der Waals surface area contributed by atoms with Gasteiger partial charge in [0.2, 0.25) is 5.95 Å². The Hall–Kier alpha value is -2.02. The fraction of sp³-hybridized carbons (Fsp3) is 0. The van der Waals surface area contributed by atoms with Crippen LogP contribution >= 0.6 is 11.3 Å². The molecule has 0 aliphatic heterocycles. The van der Waals surface area contributed by atoms with Crippen molar-refractivity contribution < 1.29 is 0 Å². The van der Waals surface area contributed by atoms with Crippen LogP contribution in [0.3, 0.4) is 0 Å². The summed E-state index contributed by atoms with van der Waals surface area (Å²) < 4.78 is 0. The number of nitrogens with one attached hydrogen (secondary N) is 1. The third-order valence-electron chi connectivity index (χ3n) is 1.93. The summed E-state index contributed by atoms with van der Waals surface area (Å²) in [6.45, 7) is 0. The molecule has 6 nitrogen and oxygen atoms in total. The lowest BCUT2D eigenvalue weighted by Gasteiger charge is -1.98. The Balaban J connectivity index is 2.38. The Labute approximate surface area is 88.2 Å². The van der Waals surface area contributed by atoms with Crippen molar-refractivity contribution >= 4 is 28.4 Å². The Morgan fingerprint density at radius 1 is 1.27 bits per heavy atom. The summed E-state index contributed by atoms with van der Waals surface area (Å²) in [4.78, 5) is 19.4. The highest BCUT2D eigenvalue weighted by atomic mass is 32.1. The minimum absolute atomic E-state index is 0.219. The van der Waals surface area contributed by atoms with Crippen molar-refractivity contribution in [1.29, 1.82) is 0 Å². The number of nitrogen functional groups attached to an aromatic ring is 1. The van der Waals surface area contributed by atoms with Crippen molar-refractivity contribution in [2.24, 2.45) is 0 Å². The Morgan fingerprint density at radius 3 is 3.00 bits per heavy atom. The molecule has 0 saturated carbocycles. The lowest BCUT2D eigenvalue weighted by molar-refractivity contribution is 1.21. The van der Waals surface area contributed by atoms with Gasteiger partial charge in [-0.2, -0.15) is 4.98 Å². The molecule has 3 aromatic heterocycles. The summed E-state index contributed by atoms with van der Waals surface area (Å²) >= 11 is 1.49. The molecule has 0 saturated heterocycles. The van der Waals surface area contributed by atoms with E-state index in [9.17, 15) is 0 Å². The lowest BCUT2D eigenvalue weighted by atomic mass is 10.4. The first-order valence-electron chi connectivity index (χ1n) is 4.21. The first kappa shape index (κ1) is 8.30. The normalized spacial score (nSPS) is 10.9. The van der Waals surface area contributed by atoms with Gasteiger partial charge < -0.3 is 10.7 Å². The number of rotatable bonds is 1. The van der Waals surface area contributed by atoms with Crippen LogP contribution in [0.5, 0.6) is 0 Å². The molecule has 0 aliphatic carbocycles. The van der Waals surface area contributed by atoms with E-state index in [1.54, 1.807) is 12.5 Å². The largest absolute Gasteiger partial charge is 0.368 e. The van der Waals surface area contributed by atoms with Crippen LogP contribution in [0.2, 0.25) is 0 Å². The van der Waals surface area contributed by atoms with Gasteiger partial charge in [0, 0.05) is 11.6 Å². The van der Waals surface area contributed by atoms with E-state index >= 15 is 0 Å². The maximum absolute atomic E-state index is 5.60. The zero-order valence-electron chi connectivity index (χ0n) is 7.51. The second-order valence-corrected chi connectivity index (χ2v) is 3.76. The van der Waals surface area contributed by atoms with E-state index in [0.29, 0.717) is 16.9 Å². The van der Waals surface area contributed by atoms with Crippen molar-refractivity contribution in [2.75, 3.05) is 5.73 Å². The summed E-state index contributed by atoms with van der Waals surface area (Å²) in [5.41, 5.74) is 7.60. The van der Waals surface area contributed by atoms with Gasteiger partial charge in [-0.3, -0.25) is 0 Å². The van der Waals surface area contributed by atoms with E-state index in [-0.39, 0.29) is 5.95 Å². The van der Waals surface area contributed by atoms with Crippen LogP contribution in [-0.2, 0) is 0 Å². The maximum atomic E-state index is 5.60. The van der Waals surface area contributed by atoms with Gasteiger partial charge in [-0.15, -0.1) is 11.3 Å². The number of anilines is 1. The van der Waals surface area contributed by atoms with Crippen LogP contribution in [0.25, 0.3) is 21.9 Å². The lowest BCUT2D eigenvalue weighted by Crippen LogP contribution is -1.97. The summed E-state index contributed by atoms with van der Waals surface area (Å²) in [5, 5.41) is 2.67. The second kappa shape index (κ2) is 2.99. The predicted molar refractivity (Wildman–Crippen MR) is 57.2 cm³/mol. The molecule has 0 bridgehead atoms. The van der Waals surface area contributed by atoms with Gasteiger partial charge in [-0.25, -0.2) is 15.0 Å². The Kier molecular flexibility index (Phi) is 1.65. The summed E-state index contributed by atoms with van der Waals surface area (Å²) in [6, 6.07) is 0. The van der Waals surface area contributed by atoms with Gasteiger partial charge in [0.05, 0.1) is 6.33 Å². The average Bonchev–Trinajstić information content (AvgIpc) is 2.86. The third kappa shape index (κ3) is 1.24. The van der Waals surface area contributed by atoms with Crippen LogP contribution in [0.15, 0.2) is 17.9 Å². The van der Waals surface area contributed by atoms with Crippen molar-refractivity contribution in [3.05, 3.63) is 17.9 Å². The number of hydrogen-bond donors (Lipinski definition) is 2. The first-order chi connectivity index (χ1) is 7.34. The van der Waals surface area contributed by atoms with Crippen molar-refractivity contribution in [3.63, 3.8) is 0 Å². The van der Waals surface area contributed by atoms with Crippen LogP contribution in [-0.4, -0.2) is 24.9 Å². The number of nitrogens with zero attached hydrogens (tertiary/aromatic N) is 4. The number of imidazole rings is 1. The molecule has 74 valence electrons. The molecule has 0 fully saturated rings. The molecule has 0 spiro atoms. The van der Waals surface area contributed by atoms with Gasteiger partial charge in [0.25, 0.3) is 0 Å². The molecule has 3 rings (SSSR count). The molecule has 7 heteroatoms. The van der Waals surface area contributed by atoms with Crippen LogP contribution < -0.4 is 5.73 Å². The number of hydrogen-bond acceptors (Lipinski definition) is 6. The highest BCUT2D eigenvalue weighted by Gasteiger charge is 2.12. The number of aromatic amines is 1. The van der Waals surface area contributed by atoms with Gasteiger partial charge >= 0.3 is 0 Å². The minimum Gasteiger partial charge on any atom is -0.368 e. The average molecular weight is 218 g/mol. The van der Waals surface area contributed by atoms with Gasteiger partial charge in [-0.05, 0) is 0 Å². The highest BCUT2D eigenvalue weighted by molar-refractivity contribution is 7.13. The Bertz CT molecular complexity index is 599. The molecule has 0 amide bonds. The number of thiazole rings is 1. The SMILES string of the molecule is Nc1nc(-c2nccs2)c2nc[nH]c2n1. The number of H-pyrrole nitrogens is 1. The van der Waals surface area contributed by atoms with E-state index in [4.69, 9.17) is 5.73 Å². The molecule has 3 aromatic rings. The van der Waals surface area contributed by atoms with E-state index < -0.39 is 0 Å². The first-order valence-corrected chi connectivity index (χ1v) is 5.09. The summed E-state index contributed by atoms with van der Waals surface area (Å²) in [5.74, 6) is 0.219. The highest BCUT2D eigenvalue weighted by Crippen LogP contribution is 2.25. The molecular weight excluding hydrogens is 212 g/mol. The smallest absolute Gasteiger partial charge is 0.222 e. The van der Waals surface area contributed by atoms with Gasteiger partial charge in [0.15, 0.2) is 5.65 Å². The van der Waals surface area contributed by atoms with E-state index in [1.807, 2.05) is 5.38 Å². The van der Waals surface area contributed by atoms with Crippen molar-refractivity contribution in [1.82, 2.24) is 24.9 Å². The van der Waals surface area contributed by atoms with E-state index in [0.717, 1.165) is 5.01 Å². The molecule has 0 radical (unpaired) electrons. The topological polar surface area (TPSA) is 93.4 Å². The predicted octanol–water partition coefficient (Wildman–Crippen LogP) is 1.06. The summed E-state index contributed by atoms with van der Waals surface area (Å²) in [7, 11) is 0. The molecular formula is C8H6N6S. The molecule has 15 heavy (non-hydrogen) atoms.